The third-order valence-corrected chi connectivity index (χ3v) is 3.06. The minimum Gasteiger partial charge on any atom is -0.478 e. The highest BCUT2D eigenvalue weighted by Gasteiger charge is 2.08. The lowest BCUT2D eigenvalue weighted by Gasteiger charge is -2.07. The first-order chi connectivity index (χ1) is 8.08. The van der Waals surface area contributed by atoms with E-state index in [4.69, 9.17) is 5.11 Å². The molecule has 17 heavy (non-hydrogen) atoms. The van der Waals surface area contributed by atoms with Gasteiger partial charge in [-0.3, -0.25) is 0 Å². The Kier molecular flexibility index (Phi) is 3.29. The van der Waals surface area contributed by atoms with Crippen molar-refractivity contribution in [3.8, 4) is 11.1 Å². The summed E-state index contributed by atoms with van der Waals surface area (Å²) in [6, 6.07) is 13.1. The maximum Gasteiger partial charge on any atom is 0.335 e. The summed E-state index contributed by atoms with van der Waals surface area (Å²) in [6.45, 7) is 2.01. The Bertz CT molecular complexity index is 576. The van der Waals surface area contributed by atoms with Crippen molar-refractivity contribution in [2.45, 2.75) is 6.92 Å². The number of hydrogen-bond acceptors (Lipinski definition) is 1. The fourth-order valence-corrected chi connectivity index (χ4v) is 2.26. The van der Waals surface area contributed by atoms with Crippen molar-refractivity contribution in [2.24, 2.45) is 0 Å². The molecule has 2 nitrogen and oxygen atoms in total. The zero-order chi connectivity index (χ0) is 12.4. The lowest BCUT2D eigenvalue weighted by atomic mass is 9.99. The van der Waals surface area contributed by atoms with Crippen LogP contribution < -0.4 is 0 Å². The van der Waals surface area contributed by atoms with Crippen LogP contribution in [0.3, 0.4) is 0 Å². The van der Waals surface area contributed by atoms with Gasteiger partial charge in [0.05, 0.1) is 5.56 Å². The van der Waals surface area contributed by atoms with E-state index in [-0.39, 0.29) is 5.56 Å². The highest BCUT2D eigenvalue weighted by Crippen LogP contribution is 2.27. The Hall–Kier alpha value is -1.61. The molecule has 2 rings (SSSR count). The number of hydrogen-bond donors (Lipinski definition) is 1. The largest absolute Gasteiger partial charge is 0.478 e. The predicted octanol–water partition coefficient (Wildman–Crippen LogP) is 4.12. The van der Waals surface area contributed by atoms with Crippen molar-refractivity contribution in [2.75, 3.05) is 0 Å². The molecule has 0 aromatic heterocycles. The number of rotatable bonds is 2. The second kappa shape index (κ2) is 4.72. The molecule has 2 aromatic carbocycles. The van der Waals surface area contributed by atoms with Crippen molar-refractivity contribution < 1.29 is 9.90 Å². The highest BCUT2D eigenvalue weighted by molar-refractivity contribution is 9.10. The summed E-state index contributed by atoms with van der Waals surface area (Å²) in [5, 5.41) is 9.03. The zero-order valence-corrected chi connectivity index (χ0v) is 10.9. The summed E-state index contributed by atoms with van der Waals surface area (Å²) < 4.78 is 0.774. The van der Waals surface area contributed by atoms with Crippen molar-refractivity contribution in [1.82, 2.24) is 0 Å². The van der Waals surface area contributed by atoms with Gasteiger partial charge >= 0.3 is 5.97 Å². The van der Waals surface area contributed by atoms with Gasteiger partial charge in [-0.25, -0.2) is 4.79 Å². The molecule has 0 bridgehead atoms. The zero-order valence-electron chi connectivity index (χ0n) is 9.27. The number of carboxylic acids is 1. The predicted molar refractivity (Wildman–Crippen MR) is 71.3 cm³/mol. The third kappa shape index (κ3) is 2.56. The van der Waals surface area contributed by atoms with Crippen LogP contribution in [-0.4, -0.2) is 11.1 Å². The van der Waals surface area contributed by atoms with E-state index >= 15 is 0 Å². The third-order valence-electron chi connectivity index (χ3n) is 2.60. The Morgan fingerprint density at radius 2 is 1.88 bits per heavy atom. The van der Waals surface area contributed by atoms with E-state index < -0.39 is 5.97 Å². The normalized spacial score (nSPS) is 10.2. The SMILES string of the molecule is Cc1ccccc1-c1cc(Br)cc(C(=O)O)c1. The second-order valence-electron chi connectivity index (χ2n) is 3.85. The number of carbonyl (C=O) groups is 1. The Labute approximate surface area is 108 Å². The topological polar surface area (TPSA) is 37.3 Å². The molecule has 2 aromatic rings. The molecule has 0 spiro atoms. The van der Waals surface area contributed by atoms with E-state index in [1.807, 2.05) is 37.3 Å². The average Bonchev–Trinajstić information content (AvgIpc) is 2.28. The highest BCUT2D eigenvalue weighted by atomic mass is 79.9. The molecule has 0 radical (unpaired) electrons. The van der Waals surface area contributed by atoms with Crippen LogP contribution in [0.4, 0.5) is 0 Å². The summed E-state index contributed by atoms with van der Waals surface area (Å²) >= 11 is 3.34. The van der Waals surface area contributed by atoms with Crippen molar-refractivity contribution in [1.29, 1.82) is 0 Å². The van der Waals surface area contributed by atoms with Crippen LogP contribution >= 0.6 is 15.9 Å². The van der Waals surface area contributed by atoms with Crippen molar-refractivity contribution in [3.05, 3.63) is 58.1 Å². The molecule has 1 N–H and O–H groups in total. The summed E-state index contributed by atoms with van der Waals surface area (Å²) in [5.74, 6) is -0.916. The van der Waals surface area contributed by atoms with Gasteiger partial charge in [0.15, 0.2) is 0 Å². The van der Waals surface area contributed by atoms with Gasteiger partial charge in [-0.15, -0.1) is 0 Å². The Morgan fingerprint density at radius 3 is 2.53 bits per heavy atom. The van der Waals surface area contributed by atoms with Crippen molar-refractivity contribution >= 4 is 21.9 Å². The van der Waals surface area contributed by atoms with Crippen LogP contribution in [0.5, 0.6) is 0 Å². The molecule has 0 unspecified atom stereocenters. The molecule has 0 aliphatic carbocycles. The Balaban J connectivity index is 2.60. The first-order valence-corrected chi connectivity index (χ1v) is 5.97. The molecule has 0 heterocycles. The number of aryl methyl sites for hydroxylation is 1. The lowest BCUT2D eigenvalue weighted by Crippen LogP contribution is -1.96. The quantitative estimate of drug-likeness (QED) is 0.903. The van der Waals surface area contributed by atoms with Gasteiger partial charge in [0.25, 0.3) is 0 Å². The van der Waals surface area contributed by atoms with Crippen LogP contribution in [0, 0.1) is 6.92 Å². The van der Waals surface area contributed by atoms with E-state index in [0.717, 1.165) is 21.2 Å². The summed E-state index contributed by atoms with van der Waals surface area (Å²) in [5.41, 5.74) is 3.38. The maximum atomic E-state index is 11.0. The molecular formula is C14H11BrO2. The number of halogens is 1. The van der Waals surface area contributed by atoms with Gasteiger partial charge in [0, 0.05) is 4.47 Å². The summed E-state index contributed by atoms with van der Waals surface area (Å²) in [6.07, 6.45) is 0. The number of carboxylic acid groups (broad SMARTS) is 1. The standard InChI is InChI=1S/C14H11BrO2/c1-9-4-2-3-5-13(9)10-6-11(14(16)17)8-12(15)7-10/h2-8H,1H3,(H,16,17). The van der Waals surface area contributed by atoms with Crippen LogP contribution in [0.25, 0.3) is 11.1 Å². The molecule has 0 saturated carbocycles. The molecule has 0 fully saturated rings. The van der Waals surface area contributed by atoms with Crippen LogP contribution in [-0.2, 0) is 0 Å². The maximum absolute atomic E-state index is 11.0. The van der Waals surface area contributed by atoms with Gasteiger partial charge in [0.2, 0.25) is 0 Å². The average molecular weight is 291 g/mol. The molecule has 0 aliphatic rings. The van der Waals surface area contributed by atoms with Gasteiger partial charge in [-0.2, -0.15) is 0 Å². The summed E-state index contributed by atoms with van der Waals surface area (Å²) in [4.78, 5) is 11.0. The smallest absolute Gasteiger partial charge is 0.335 e. The van der Waals surface area contributed by atoms with Crippen LogP contribution in [0.1, 0.15) is 15.9 Å². The number of aromatic carboxylic acids is 1. The minimum absolute atomic E-state index is 0.289. The monoisotopic (exact) mass is 290 g/mol. The van der Waals surface area contributed by atoms with Crippen molar-refractivity contribution in [3.63, 3.8) is 0 Å². The molecule has 0 saturated heterocycles. The van der Waals surface area contributed by atoms with E-state index in [1.54, 1.807) is 12.1 Å². The van der Waals surface area contributed by atoms with E-state index in [0.29, 0.717) is 0 Å². The number of benzene rings is 2. The first-order valence-electron chi connectivity index (χ1n) is 5.18. The van der Waals surface area contributed by atoms with Gasteiger partial charge in [-0.1, -0.05) is 40.2 Å². The van der Waals surface area contributed by atoms with Gasteiger partial charge < -0.3 is 5.11 Å². The van der Waals surface area contributed by atoms with Gasteiger partial charge in [0.1, 0.15) is 0 Å². The summed E-state index contributed by atoms with van der Waals surface area (Å²) in [7, 11) is 0. The van der Waals surface area contributed by atoms with Gasteiger partial charge in [-0.05, 0) is 41.8 Å². The molecule has 0 atom stereocenters. The van der Waals surface area contributed by atoms with E-state index in [1.165, 1.54) is 0 Å². The Morgan fingerprint density at radius 1 is 1.18 bits per heavy atom. The van der Waals surface area contributed by atoms with E-state index in [9.17, 15) is 4.79 Å². The first kappa shape index (κ1) is 11.9. The fraction of sp³-hybridized carbons (Fsp3) is 0.0714. The lowest BCUT2D eigenvalue weighted by molar-refractivity contribution is 0.0697. The molecule has 86 valence electrons. The molecule has 3 heteroatoms. The minimum atomic E-state index is -0.916. The van der Waals surface area contributed by atoms with Crippen LogP contribution in [0.2, 0.25) is 0 Å². The van der Waals surface area contributed by atoms with Crippen LogP contribution in [0.15, 0.2) is 46.9 Å². The molecular weight excluding hydrogens is 280 g/mol. The fourth-order valence-electron chi connectivity index (χ4n) is 1.77. The second-order valence-corrected chi connectivity index (χ2v) is 4.76. The van der Waals surface area contributed by atoms with E-state index in [2.05, 4.69) is 15.9 Å². The molecule has 0 amide bonds. The molecule has 0 aliphatic heterocycles.